The number of carboxylic acids is 1. The largest absolute Gasteiger partial charge is 0.497 e. The number of carboxylic acid groups (broad SMARTS) is 1. The Kier molecular flexibility index (Phi) is 7.65. The Morgan fingerprint density at radius 1 is 1.26 bits per heavy atom. The van der Waals surface area contributed by atoms with Gasteiger partial charge in [0.2, 0.25) is 5.82 Å². The van der Waals surface area contributed by atoms with Gasteiger partial charge in [0.1, 0.15) is 11.9 Å². The van der Waals surface area contributed by atoms with E-state index in [-0.39, 0.29) is 12.3 Å². The lowest BCUT2D eigenvalue weighted by atomic mass is 9.81. The van der Waals surface area contributed by atoms with Crippen molar-refractivity contribution in [3.05, 3.63) is 60.3 Å². The summed E-state index contributed by atoms with van der Waals surface area (Å²) in [5, 5.41) is 10.5. The standard InChI is InChI=1S/C26H27FN4O3/c1-34-19-6-8-24-21(16-19)20(9-13-28-24)23(27)7-5-18-10-15-31(17-22(18)26(32)33)14-2-4-25-29-11-3-12-30-25/h3,6,8-9,11-13,16,18,22-23H,5,7,10,14-15,17H2,1H3,(H,32,33). The number of fused-ring (bicyclic) bond motifs is 1. The van der Waals surface area contributed by atoms with Gasteiger partial charge in [-0.25, -0.2) is 14.4 Å². The number of aliphatic carboxylic acids is 1. The van der Waals surface area contributed by atoms with Crippen LogP contribution in [0.5, 0.6) is 5.75 Å². The maximum Gasteiger partial charge on any atom is 0.308 e. The first kappa shape index (κ1) is 23.6. The molecule has 3 heterocycles. The van der Waals surface area contributed by atoms with Crippen molar-refractivity contribution in [2.45, 2.75) is 25.4 Å². The zero-order valence-corrected chi connectivity index (χ0v) is 19.0. The van der Waals surface area contributed by atoms with Crippen LogP contribution in [0.4, 0.5) is 4.39 Å². The molecular weight excluding hydrogens is 435 g/mol. The molecule has 0 aliphatic carbocycles. The molecule has 0 amide bonds. The second kappa shape index (κ2) is 11.0. The van der Waals surface area contributed by atoms with E-state index in [1.54, 1.807) is 50.0 Å². The van der Waals surface area contributed by atoms with Crippen LogP contribution in [-0.2, 0) is 4.79 Å². The third-order valence-corrected chi connectivity index (χ3v) is 6.34. The minimum absolute atomic E-state index is 0.0833. The molecule has 7 nitrogen and oxygen atoms in total. The summed E-state index contributed by atoms with van der Waals surface area (Å²) in [6, 6.07) is 8.83. The van der Waals surface area contributed by atoms with E-state index in [0.717, 1.165) is 11.9 Å². The van der Waals surface area contributed by atoms with Crippen LogP contribution in [0.3, 0.4) is 0 Å². The van der Waals surface area contributed by atoms with Crippen LogP contribution in [0, 0.1) is 23.7 Å². The molecular formula is C26H27FN4O3. The number of carbonyl (C=O) groups is 1. The molecule has 34 heavy (non-hydrogen) atoms. The molecule has 0 spiro atoms. The van der Waals surface area contributed by atoms with Gasteiger partial charge in [-0.05, 0) is 73.5 Å². The first-order valence-corrected chi connectivity index (χ1v) is 11.3. The zero-order valence-electron chi connectivity index (χ0n) is 19.0. The van der Waals surface area contributed by atoms with Gasteiger partial charge in [0, 0.05) is 30.5 Å². The zero-order chi connectivity index (χ0) is 23.9. The van der Waals surface area contributed by atoms with E-state index < -0.39 is 18.1 Å². The van der Waals surface area contributed by atoms with E-state index in [0.29, 0.717) is 48.6 Å². The number of ether oxygens (including phenoxy) is 1. The monoisotopic (exact) mass is 462 g/mol. The molecule has 0 saturated carbocycles. The van der Waals surface area contributed by atoms with Gasteiger partial charge < -0.3 is 9.84 Å². The Labute approximate surface area is 198 Å². The Hall–Kier alpha value is -3.57. The van der Waals surface area contributed by atoms with Crippen LogP contribution >= 0.6 is 0 Å². The Bertz CT molecular complexity index is 1190. The summed E-state index contributed by atoms with van der Waals surface area (Å²) in [7, 11) is 1.57. The quantitative estimate of drug-likeness (QED) is 0.533. The summed E-state index contributed by atoms with van der Waals surface area (Å²) in [5.74, 6) is 5.54. The van der Waals surface area contributed by atoms with Gasteiger partial charge in [0.15, 0.2) is 0 Å². The normalized spacial score (nSPS) is 19.2. The van der Waals surface area contributed by atoms with Crippen LogP contribution in [0.25, 0.3) is 10.9 Å². The topological polar surface area (TPSA) is 88.4 Å². The highest BCUT2D eigenvalue weighted by molar-refractivity contribution is 5.83. The van der Waals surface area contributed by atoms with Crippen LogP contribution in [0.15, 0.2) is 48.9 Å². The number of piperidine rings is 1. The molecule has 3 aromatic rings. The highest BCUT2D eigenvalue weighted by Crippen LogP contribution is 2.35. The fourth-order valence-corrected chi connectivity index (χ4v) is 4.49. The van der Waals surface area contributed by atoms with Crippen molar-refractivity contribution in [3.8, 4) is 17.6 Å². The third-order valence-electron chi connectivity index (χ3n) is 6.34. The van der Waals surface area contributed by atoms with E-state index in [9.17, 15) is 9.90 Å². The molecule has 1 saturated heterocycles. The van der Waals surface area contributed by atoms with Crippen molar-refractivity contribution in [3.63, 3.8) is 0 Å². The summed E-state index contributed by atoms with van der Waals surface area (Å²) < 4.78 is 20.6. The lowest BCUT2D eigenvalue weighted by Gasteiger charge is -2.35. The van der Waals surface area contributed by atoms with E-state index >= 15 is 4.39 Å². The van der Waals surface area contributed by atoms with Crippen molar-refractivity contribution < 1.29 is 19.0 Å². The van der Waals surface area contributed by atoms with Gasteiger partial charge in [-0.3, -0.25) is 14.7 Å². The number of benzene rings is 1. The summed E-state index contributed by atoms with van der Waals surface area (Å²) in [6.07, 6.45) is 5.12. The van der Waals surface area contributed by atoms with Gasteiger partial charge in [0.05, 0.1) is 25.1 Å². The lowest BCUT2D eigenvalue weighted by Crippen LogP contribution is -2.44. The Balaban J connectivity index is 1.38. The number of halogens is 1. The average molecular weight is 463 g/mol. The van der Waals surface area contributed by atoms with Crippen molar-refractivity contribution in [1.29, 1.82) is 0 Å². The van der Waals surface area contributed by atoms with Crippen LogP contribution in [0.2, 0.25) is 0 Å². The predicted molar refractivity (Wildman–Crippen MR) is 126 cm³/mol. The van der Waals surface area contributed by atoms with Gasteiger partial charge >= 0.3 is 5.97 Å². The maximum atomic E-state index is 15.3. The Morgan fingerprint density at radius 3 is 2.85 bits per heavy atom. The molecule has 3 unspecified atom stereocenters. The summed E-state index contributed by atoms with van der Waals surface area (Å²) in [6.45, 7) is 1.58. The summed E-state index contributed by atoms with van der Waals surface area (Å²) in [5.41, 5.74) is 1.27. The highest BCUT2D eigenvalue weighted by Gasteiger charge is 2.34. The van der Waals surface area contributed by atoms with Crippen molar-refractivity contribution >= 4 is 16.9 Å². The molecule has 1 aromatic carbocycles. The van der Waals surface area contributed by atoms with Gasteiger partial charge in [0.25, 0.3) is 0 Å². The van der Waals surface area contributed by atoms with Crippen LogP contribution in [-0.4, -0.2) is 57.7 Å². The molecule has 1 N–H and O–H groups in total. The SMILES string of the molecule is COc1ccc2nccc(C(F)CCC3CCN(CC#Cc4ncccn4)CC3C(=O)O)c2c1. The average Bonchev–Trinajstić information content (AvgIpc) is 2.87. The van der Waals surface area contributed by atoms with Gasteiger partial charge in [-0.15, -0.1) is 0 Å². The number of likely N-dealkylation sites (tertiary alicyclic amines) is 1. The molecule has 0 radical (unpaired) electrons. The molecule has 1 fully saturated rings. The molecule has 2 aromatic heterocycles. The molecule has 4 rings (SSSR count). The first-order valence-electron chi connectivity index (χ1n) is 11.3. The Morgan fingerprint density at radius 2 is 2.09 bits per heavy atom. The maximum absolute atomic E-state index is 15.3. The number of nitrogens with zero attached hydrogens (tertiary/aromatic N) is 4. The van der Waals surface area contributed by atoms with Crippen molar-refractivity contribution in [2.75, 3.05) is 26.7 Å². The second-order valence-corrected chi connectivity index (χ2v) is 8.43. The van der Waals surface area contributed by atoms with E-state index in [1.807, 2.05) is 11.0 Å². The predicted octanol–water partition coefficient (Wildman–Crippen LogP) is 3.90. The summed E-state index contributed by atoms with van der Waals surface area (Å²) >= 11 is 0. The van der Waals surface area contributed by atoms with Crippen molar-refractivity contribution in [1.82, 2.24) is 19.9 Å². The fraction of sp³-hybridized carbons (Fsp3) is 0.385. The number of hydrogen-bond donors (Lipinski definition) is 1. The second-order valence-electron chi connectivity index (χ2n) is 8.43. The fourth-order valence-electron chi connectivity index (χ4n) is 4.49. The van der Waals surface area contributed by atoms with Gasteiger partial charge in [-0.1, -0.05) is 5.92 Å². The number of alkyl halides is 1. The van der Waals surface area contributed by atoms with Crippen molar-refractivity contribution in [2.24, 2.45) is 11.8 Å². The molecule has 8 heteroatoms. The van der Waals surface area contributed by atoms with E-state index in [1.165, 1.54) is 0 Å². The highest BCUT2D eigenvalue weighted by atomic mass is 19.1. The minimum atomic E-state index is -1.21. The van der Waals surface area contributed by atoms with Gasteiger partial charge in [-0.2, -0.15) is 0 Å². The van der Waals surface area contributed by atoms with E-state index in [2.05, 4.69) is 26.8 Å². The van der Waals surface area contributed by atoms with E-state index in [4.69, 9.17) is 4.74 Å². The molecule has 1 aliphatic heterocycles. The lowest BCUT2D eigenvalue weighted by molar-refractivity contribution is -0.146. The smallest absolute Gasteiger partial charge is 0.308 e. The number of rotatable bonds is 7. The molecule has 1 aliphatic rings. The van der Waals surface area contributed by atoms with Crippen LogP contribution < -0.4 is 4.74 Å². The molecule has 0 bridgehead atoms. The molecule has 176 valence electrons. The number of pyridine rings is 1. The number of hydrogen-bond acceptors (Lipinski definition) is 6. The van der Waals surface area contributed by atoms with Crippen LogP contribution in [0.1, 0.15) is 36.8 Å². The summed E-state index contributed by atoms with van der Waals surface area (Å²) in [4.78, 5) is 26.4. The number of methoxy groups -OCH3 is 1. The minimum Gasteiger partial charge on any atom is -0.497 e. The molecule has 3 atom stereocenters. The third kappa shape index (κ3) is 5.67. The number of aromatic nitrogens is 3. The first-order chi connectivity index (χ1) is 16.5.